The van der Waals surface area contributed by atoms with Crippen molar-refractivity contribution in [3.8, 4) is 0 Å². The molecule has 104 valence electrons. The van der Waals surface area contributed by atoms with Gasteiger partial charge in [-0.05, 0) is 38.7 Å². The van der Waals surface area contributed by atoms with Crippen molar-refractivity contribution in [1.29, 1.82) is 0 Å². The monoisotopic (exact) mass is 261 g/mol. The number of benzene rings is 1. The molecule has 0 spiro atoms. The minimum Gasteiger partial charge on any atom is -0.348 e. The molecule has 0 radical (unpaired) electrons. The predicted molar refractivity (Wildman–Crippen MR) is 76.9 cm³/mol. The fraction of sp³-hybridized carbons (Fsp3) is 0.533. The maximum absolute atomic E-state index is 12.1. The number of hydrogen-bond acceptors (Lipinski definition) is 3. The molecule has 1 aromatic carbocycles. The first-order valence-corrected chi connectivity index (χ1v) is 6.85. The van der Waals surface area contributed by atoms with E-state index in [0.29, 0.717) is 12.3 Å². The smallest absolute Gasteiger partial charge is 0.220 e. The molecule has 2 N–H and O–H groups in total. The van der Waals surface area contributed by atoms with Gasteiger partial charge < -0.3 is 15.5 Å². The summed E-state index contributed by atoms with van der Waals surface area (Å²) in [5.41, 5.74) is 1.16. The molecule has 1 amide bonds. The molecular formula is C15H23N3O. The highest BCUT2D eigenvalue weighted by molar-refractivity contribution is 5.76. The molecule has 4 nitrogen and oxygen atoms in total. The Morgan fingerprint density at radius 2 is 2.05 bits per heavy atom. The van der Waals surface area contributed by atoms with Crippen molar-refractivity contribution in [2.24, 2.45) is 5.92 Å². The average molecular weight is 261 g/mol. The van der Waals surface area contributed by atoms with Gasteiger partial charge in [0.05, 0.1) is 6.04 Å². The van der Waals surface area contributed by atoms with E-state index in [1.807, 2.05) is 32.3 Å². The van der Waals surface area contributed by atoms with Gasteiger partial charge >= 0.3 is 0 Å². The molecule has 0 aliphatic carbocycles. The molecule has 1 saturated heterocycles. The minimum atomic E-state index is 0.0664. The van der Waals surface area contributed by atoms with Crippen LogP contribution in [0.1, 0.15) is 18.0 Å². The van der Waals surface area contributed by atoms with Crippen molar-refractivity contribution in [1.82, 2.24) is 15.5 Å². The summed E-state index contributed by atoms with van der Waals surface area (Å²) in [6, 6.07) is 10.2. The van der Waals surface area contributed by atoms with Gasteiger partial charge in [-0.3, -0.25) is 4.79 Å². The number of nitrogens with one attached hydrogen (secondary N) is 2. The average Bonchev–Trinajstić information content (AvgIpc) is 2.34. The van der Waals surface area contributed by atoms with E-state index in [1.54, 1.807) is 0 Å². The highest BCUT2D eigenvalue weighted by atomic mass is 16.1. The van der Waals surface area contributed by atoms with Gasteiger partial charge in [0, 0.05) is 13.0 Å². The van der Waals surface area contributed by atoms with Gasteiger partial charge in [-0.1, -0.05) is 30.3 Å². The normalized spacial score (nSPS) is 17.0. The third-order valence-electron chi connectivity index (χ3n) is 3.42. The van der Waals surface area contributed by atoms with Gasteiger partial charge in [0.1, 0.15) is 0 Å². The second-order valence-corrected chi connectivity index (χ2v) is 5.52. The number of hydrogen-bond donors (Lipinski definition) is 2. The number of amides is 1. The van der Waals surface area contributed by atoms with Crippen LogP contribution in [0.4, 0.5) is 0 Å². The number of carbonyl (C=O) groups excluding carboxylic acids is 1. The summed E-state index contributed by atoms with van der Waals surface area (Å²) in [6.07, 6.45) is 0.629. The number of nitrogens with zero attached hydrogens (tertiary/aromatic N) is 1. The van der Waals surface area contributed by atoms with Crippen LogP contribution in [-0.4, -0.2) is 44.5 Å². The van der Waals surface area contributed by atoms with Gasteiger partial charge in [-0.2, -0.15) is 0 Å². The van der Waals surface area contributed by atoms with Crippen molar-refractivity contribution in [2.75, 3.05) is 33.7 Å². The maximum atomic E-state index is 12.1. The third-order valence-corrected chi connectivity index (χ3v) is 3.42. The number of likely N-dealkylation sites (N-methyl/N-ethyl adjacent to an activating group) is 1. The SMILES string of the molecule is CN(C)CC(NC(=O)CC1CNC1)c1ccccc1. The first-order valence-electron chi connectivity index (χ1n) is 6.85. The second-order valence-electron chi connectivity index (χ2n) is 5.52. The molecule has 4 heteroatoms. The van der Waals surface area contributed by atoms with Gasteiger partial charge in [0.25, 0.3) is 0 Å². The molecule has 2 rings (SSSR count). The topological polar surface area (TPSA) is 44.4 Å². The highest BCUT2D eigenvalue weighted by Gasteiger charge is 2.22. The van der Waals surface area contributed by atoms with E-state index < -0.39 is 0 Å². The number of carbonyl (C=O) groups is 1. The molecule has 1 aliphatic heterocycles. The van der Waals surface area contributed by atoms with Crippen LogP contribution >= 0.6 is 0 Å². The largest absolute Gasteiger partial charge is 0.348 e. The highest BCUT2D eigenvalue weighted by Crippen LogP contribution is 2.15. The molecule has 1 atom stereocenters. The van der Waals surface area contributed by atoms with E-state index in [2.05, 4.69) is 27.7 Å². The van der Waals surface area contributed by atoms with Crippen LogP contribution in [0.25, 0.3) is 0 Å². The van der Waals surface area contributed by atoms with Crippen LogP contribution in [0.5, 0.6) is 0 Å². The van der Waals surface area contributed by atoms with Crippen LogP contribution < -0.4 is 10.6 Å². The standard InChI is InChI=1S/C15H23N3O/c1-18(2)11-14(13-6-4-3-5-7-13)17-15(19)8-12-9-16-10-12/h3-7,12,14,16H,8-11H2,1-2H3,(H,17,19). The summed E-state index contributed by atoms with van der Waals surface area (Å²) in [7, 11) is 4.05. The third kappa shape index (κ3) is 4.33. The summed E-state index contributed by atoms with van der Waals surface area (Å²) in [6.45, 7) is 2.76. The lowest BCUT2D eigenvalue weighted by atomic mass is 9.98. The summed E-state index contributed by atoms with van der Waals surface area (Å²) >= 11 is 0. The van der Waals surface area contributed by atoms with E-state index in [9.17, 15) is 4.79 Å². The fourth-order valence-electron chi connectivity index (χ4n) is 2.29. The first-order chi connectivity index (χ1) is 9.15. The Labute approximate surface area is 115 Å². The molecular weight excluding hydrogens is 238 g/mol. The lowest BCUT2D eigenvalue weighted by molar-refractivity contribution is -0.123. The van der Waals surface area contributed by atoms with E-state index in [0.717, 1.165) is 25.2 Å². The molecule has 1 unspecified atom stereocenters. The van der Waals surface area contributed by atoms with Crippen molar-refractivity contribution in [3.63, 3.8) is 0 Å². The summed E-state index contributed by atoms with van der Waals surface area (Å²) < 4.78 is 0. The zero-order chi connectivity index (χ0) is 13.7. The fourth-order valence-corrected chi connectivity index (χ4v) is 2.29. The van der Waals surface area contributed by atoms with Gasteiger partial charge in [-0.25, -0.2) is 0 Å². The van der Waals surface area contributed by atoms with Gasteiger partial charge in [-0.15, -0.1) is 0 Å². The Balaban J connectivity index is 1.95. The lowest BCUT2D eigenvalue weighted by Crippen LogP contribution is -2.45. The number of rotatable bonds is 6. The van der Waals surface area contributed by atoms with E-state index in [-0.39, 0.29) is 11.9 Å². The Morgan fingerprint density at radius 3 is 2.58 bits per heavy atom. The van der Waals surface area contributed by atoms with Crippen LogP contribution in [0, 0.1) is 5.92 Å². The molecule has 0 saturated carbocycles. The second kappa shape index (κ2) is 6.68. The lowest BCUT2D eigenvalue weighted by Gasteiger charge is -2.28. The maximum Gasteiger partial charge on any atom is 0.220 e. The Kier molecular flexibility index (Phi) is 4.93. The zero-order valence-electron chi connectivity index (χ0n) is 11.7. The predicted octanol–water partition coefficient (Wildman–Crippen LogP) is 1.02. The Morgan fingerprint density at radius 1 is 1.37 bits per heavy atom. The van der Waals surface area contributed by atoms with Crippen molar-refractivity contribution >= 4 is 5.91 Å². The summed E-state index contributed by atoms with van der Waals surface area (Å²) in [4.78, 5) is 14.2. The molecule has 0 aromatic heterocycles. The van der Waals surface area contributed by atoms with Gasteiger partial charge in [0.2, 0.25) is 5.91 Å². The Bertz CT molecular complexity index is 401. The van der Waals surface area contributed by atoms with Crippen LogP contribution in [-0.2, 0) is 4.79 Å². The molecule has 19 heavy (non-hydrogen) atoms. The van der Waals surface area contributed by atoms with E-state index >= 15 is 0 Å². The van der Waals surface area contributed by atoms with E-state index in [4.69, 9.17) is 0 Å². The van der Waals surface area contributed by atoms with Crippen LogP contribution in [0.3, 0.4) is 0 Å². The van der Waals surface area contributed by atoms with Crippen LogP contribution in [0.15, 0.2) is 30.3 Å². The minimum absolute atomic E-state index is 0.0664. The Hall–Kier alpha value is -1.39. The zero-order valence-corrected chi connectivity index (χ0v) is 11.7. The molecule has 1 fully saturated rings. The van der Waals surface area contributed by atoms with Crippen molar-refractivity contribution < 1.29 is 4.79 Å². The van der Waals surface area contributed by atoms with Crippen molar-refractivity contribution in [2.45, 2.75) is 12.5 Å². The summed E-state index contributed by atoms with van der Waals surface area (Å²) in [5.74, 6) is 0.665. The van der Waals surface area contributed by atoms with E-state index in [1.165, 1.54) is 0 Å². The quantitative estimate of drug-likeness (QED) is 0.803. The first kappa shape index (κ1) is 14.0. The molecule has 1 aliphatic rings. The molecule has 1 aromatic rings. The van der Waals surface area contributed by atoms with Crippen molar-refractivity contribution in [3.05, 3.63) is 35.9 Å². The van der Waals surface area contributed by atoms with Crippen LogP contribution in [0.2, 0.25) is 0 Å². The molecule has 1 heterocycles. The summed E-state index contributed by atoms with van der Waals surface area (Å²) in [5, 5.41) is 6.35. The molecule has 0 bridgehead atoms. The van der Waals surface area contributed by atoms with Gasteiger partial charge in [0.15, 0.2) is 0 Å².